The van der Waals surface area contributed by atoms with E-state index in [-0.39, 0.29) is 23.7 Å². The van der Waals surface area contributed by atoms with Crippen LogP contribution in [0.3, 0.4) is 0 Å². The standard InChI is InChI=1S/C29H27Cl2N3O4S/c1-19-6-10-22(11-7-19)39(36,37)34-16-14-33(15-17-34)28-23(30)4-3-5-25(28)32-29(35)27-13-12-26(38-27)21-9-8-20(2)24(31)18-21/h3-13,18H,14-17H2,1-2H3,(H,32,35). The van der Waals surface area contributed by atoms with Crippen molar-refractivity contribution in [3.8, 4) is 11.3 Å². The van der Waals surface area contributed by atoms with Crippen molar-refractivity contribution < 1.29 is 17.6 Å². The fraction of sp³-hybridized carbons (Fsp3) is 0.207. The second-order valence-corrected chi connectivity index (χ2v) is 12.2. The first kappa shape index (κ1) is 27.3. The van der Waals surface area contributed by atoms with E-state index < -0.39 is 15.9 Å². The summed E-state index contributed by atoms with van der Waals surface area (Å²) in [5.74, 6) is 0.240. The lowest BCUT2D eigenvalue weighted by atomic mass is 10.1. The van der Waals surface area contributed by atoms with Crippen LogP contribution in [-0.4, -0.2) is 44.8 Å². The van der Waals surface area contributed by atoms with Gasteiger partial charge in [0.1, 0.15) is 5.76 Å². The molecular weight excluding hydrogens is 557 g/mol. The van der Waals surface area contributed by atoms with Gasteiger partial charge in [-0.25, -0.2) is 8.42 Å². The van der Waals surface area contributed by atoms with Gasteiger partial charge in [0.15, 0.2) is 5.76 Å². The molecule has 39 heavy (non-hydrogen) atoms. The van der Waals surface area contributed by atoms with Crippen LogP contribution in [0.5, 0.6) is 0 Å². The zero-order valence-electron chi connectivity index (χ0n) is 21.4. The summed E-state index contributed by atoms with van der Waals surface area (Å²) in [5, 5.41) is 3.98. The summed E-state index contributed by atoms with van der Waals surface area (Å²) in [4.78, 5) is 15.4. The van der Waals surface area contributed by atoms with Gasteiger partial charge in [-0.1, -0.05) is 59.1 Å². The summed E-state index contributed by atoms with van der Waals surface area (Å²) in [6.07, 6.45) is 0. The Balaban J connectivity index is 1.31. The first-order valence-corrected chi connectivity index (χ1v) is 14.6. The Morgan fingerprint density at radius 2 is 1.59 bits per heavy atom. The number of hydrogen-bond acceptors (Lipinski definition) is 5. The third-order valence-electron chi connectivity index (χ3n) is 6.73. The predicted molar refractivity (Wildman–Crippen MR) is 155 cm³/mol. The topological polar surface area (TPSA) is 82.9 Å². The van der Waals surface area contributed by atoms with Crippen LogP contribution in [-0.2, 0) is 10.0 Å². The maximum atomic E-state index is 13.1. The lowest BCUT2D eigenvalue weighted by molar-refractivity contribution is 0.0997. The van der Waals surface area contributed by atoms with Gasteiger partial charge >= 0.3 is 0 Å². The molecule has 0 atom stereocenters. The number of anilines is 2. The van der Waals surface area contributed by atoms with Crippen LogP contribution in [0.2, 0.25) is 10.0 Å². The lowest BCUT2D eigenvalue weighted by Crippen LogP contribution is -2.49. The van der Waals surface area contributed by atoms with Crippen molar-refractivity contribution in [2.75, 3.05) is 36.4 Å². The van der Waals surface area contributed by atoms with Crippen LogP contribution in [0.25, 0.3) is 11.3 Å². The van der Waals surface area contributed by atoms with Crippen molar-refractivity contribution in [2.24, 2.45) is 0 Å². The summed E-state index contributed by atoms with van der Waals surface area (Å²) in [6, 6.07) is 21.0. The van der Waals surface area contributed by atoms with E-state index in [1.165, 1.54) is 4.31 Å². The number of nitrogens with zero attached hydrogens (tertiary/aromatic N) is 2. The highest BCUT2D eigenvalue weighted by Gasteiger charge is 2.30. The van der Waals surface area contributed by atoms with E-state index in [2.05, 4.69) is 5.32 Å². The normalized spacial score (nSPS) is 14.4. The number of hydrogen-bond donors (Lipinski definition) is 1. The molecule has 1 fully saturated rings. The number of amides is 1. The molecule has 0 radical (unpaired) electrons. The largest absolute Gasteiger partial charge is 0.451 e. The molecule has 0 spiro atoms. The maximum absolute atomic E-state index is 13.1. The molecule has 3 aromatic carbocycles. The first-order valence-electron chi connectivity index (χ1n) is 12.4. The summed E-state index contributed by atoms with van der Waals surface area (Å²) in [5.41, 5.74) is 3.87. The van der Waals surface area contributed by atoms with E-state index in [4.69, 9.17) is 27.6 Å². The molecular formula is C29H27Cl2N3O4S. The average molecular weight is 585 g/mol. The molecule has 0 saturated carbocycles. The van der Waals surface area contributed by atoms with Crippen molar-refractivity contribution in [1.29, 1.82) is 0 Å². The van der Waals surface area contributed by atoms with Crippen LogP contribution >= 0.6 is 23.2 Å². The molecule has 1 N–H and O–H groups in total. The molecule has 5 rings (SSSR count). The molecule has 1 saturated heterocycles. The molecule has 0 unspecified atom stereocenters. The minimum Gasteiger partial charge on any atom is -0.451 e. The number of halogens is 2. The molecule has 4 aromatic rings. The van der Waals surface area contributed by atoms with Gasteiger partial charge in [-0.2, -0.15) is 4.31 Å². The Bertz CT molecular complexity index is 1630. The Morgan fingerprint density at radius 1 is 0.872 bits per heavy atom. The summed E-state index contributed by atoms with van der Waals surface area (Å²) in [6.45, 7) is 5.23. The highest BCUT2D eigenvalue weighted by molar-refractivity contribution is 7.89. The van der Waals surface area contributed by atoms with Crippen LogP contribution in [0, 0.1) is 13.8 Å². The summed E-state index contributed by atoms with van der Waals surface area (Å²) in [7, 11) is -3.60. The quantitative estimate of drug-likeness (QED) is 0.275. The lowest BCUT2D eigenvalue weighted by Gasteiger charge is -2.36. The van der Waals surface area contributed by atoms with Crippen molar-refractivity contribution in [3.05, 3.63) is 99.7 Å². The van der Waals surface area contributed by atoms with Gasteiger partial charge in [0.25, 0.3) is 5.91 Å². The number of carbonyl (C=O) groups excluding carboxylic acids is 1. The minimum absolute atomic E-state index is 0.140. The van der Waals surface area contributed by atoms with Crippen LogP contribution in [0.1, 0.15) is 21.7 Å². The summed E-state index contributed by atoms with van der Waals surface area (Å²) < 4.78 is 33.6. The molecule has 202 valence electrons. The smallest absolute Gasteiger partial charge is 0.291 e. The Morgan fingerprint density at radius 3 is 2.28 bits per heavy atom. The minimum atomic E-state index is -3.60. The van der Waals surface area contributed by atoms with Gasteiger partial charge in [-0.3, -0.25) is 4.79 Å². The fourth-order valence-electron chi connectivity index (χ4n) is 4.49. The molecule has 1 aliphatic heterocycles. The number of benzene rings is 3. The number of aryl methyl sites for hydroxylation is 2. The third kappa shape index (κ3) is 5.70. The first-order chi connectivity index (χ1) is 18.6. The van der Waals surface area contributed by atoms with Crippen LogP contribution in [0.15, 0.2) is 82.1 Å². The monoisotopic (exact) mass is 583 g/mol. The van der Waals surface area contributed by atoms with E-state index in [0.717, 1.165) is 16.7 Å². The second kappa shape index (κ2) is 11.1. The number of furan rings is 1. The molecule has 0 aliphatic carbocycles. The fourth-order valence-corrected chi connectivity index (χ4v) is 6.39. The zero-order chi connectivity index (χ0) is 27.7. The highest BCUT2D eigenvalue weighted by atomic mass is 35.5. The summed E-state index contributed by atoms with van der Waals surface area (Å²) >= 11 is 12.8. The van der Waals surface area contributed by atoms with Crippen molar-refractivity contribution >= 4 is 50.5 Å². The molecule has 0 bridgehead atoms. The number of rotatable bonds is 6. The number of piperazine rings is 1. The van der Waals surface area contributed by atoms with Gasteiger partial charge in [0, 0.05) is 36.8 Å². The number of sulfonamides is 1. The second-order valence-electron chi connectivity index (χ2n) is 9.42. The van der Waals surface area contributed by atoms with Gasteiger partial charge in [0.2, 0.25) is 10.0 Å². The van der Waals surface area contributed by atoms with E-state index in [0.29, 0.717) is 40.3 Å². The average Bonchev–Trinajstić information content (AvgIpc) is 3.41. The molecule has 1 aromatic heterocycles. The van der Waals surface area contributed by atoms with E-state index >= 15 is 0 Å². The Kier molecular flexibility index (Phi) is 7.73. The Labute approximate surface area is 238 Å². The molecule has 10 heteroatoms. The molecule has 7 nitrogen and oxygen atoms in total. The van der Waals surface area contributed by atoms with Crippen molar-refractivity contribution in [1.82, 2.24) is 4.31 Å². The molecule has 1 aliphatic rings. The van der Waals surface area contributed by atoms with Gasteiger partial charge in [-0.15, -0.1) is 0 Å². The number of carbonyl (C=O) groups is 1. The predicted octanol–water partition coefficient (Wildman–Crippen LogP) is 6.63. The number of nitrogens with one attached hydrogen (secondary N) is 1. The molecule has 1 amide bonds. The SMILES string of the molecule is Cc1ccc(S(=O)(=O)N2CCN(c3c(Cl)cccc3NC(=O)c3ccc(-c4ccc(C)c(Cl)c4)o3)CC2)cc1. The van der Waals surface area contributed by atoms with Gasteiger partial charge < -0.3 is 14.6 Å². The van der Waals surface area contributed by atoms with Crippen molar-refractivity contribution in [3.63, 3.8) is 0 Å². The van der Waals surface area contributed by atoms with Gasteiger partial charge in [-0.05, 0) is 61.9 Å². The maximum Gasteiger partial charge on any atom is 0.291 e. The number of para-hydroxylation sites is 1. The highest BCUT2D eigenvalue weighted by Crippen LogP contribution is 2.36. The Hall–Kier alpha value is -3.30. The molecule has 2 heterocycles. The van der Waals surface area contributed by atoms with E-state index in [9.17, 15) is 13.2 Å². The third-order valence-corrected chi connectivity index (χ3v) is 9.36. The zero-order valence-corrected chi connectivity index (χ0v) is 23.8. The van der Waals surface area contributed by atoms with Crippen molar-refractivity contribution in [2.45, 2.75) is 18.7 Å². The van der Waals surface area contributed by atoms with E-state index in [1.807, 2.05) is 30.9 Å². The van der Waals surface area contributed by atoms with Crippen LogP contribution < -0.4 is 10.2 Å². The van der Waals surface area contributed by atoms with Crippen LogP contribution in [0.4, 0.5) is 11.4 Å². The van der Waals surface area contributed by atoms with Gasteiger partial charge in [0.05, 0.1) is 21.3 Å². The van der Waals surface area contributed by atoms with E-state index in [1.54, 1.807) is 60.7 Å².